The van der Waals surface area contributed by atoms with Crippen molar-refractivity contribution >= 4 is 38.9 Å². The molecule has 1 aliphatic heterocycles. The number of carbonyl (C=O) groups excluding carboxylic acids is 1. The smallest absolute Gasteiger partial charge is 0.297 e. The summed E-state index contributed by atoms with van der Waals surface area (Å²) in [5.41, 5.74) is 1.29. The quantitative estimate of drug-likeness (QED) is 0.635. The third kappa shape index (κ3) is 3.67. The molecule has 1 N–H and O–H groups in total. The first kappa shape index (κ1) is 17.4. The number of oxime groups is 1. The van der Waals surface area contributed by atoms with Crippen molar-refractivity contribution in [3.63, 3.8) is 0 Å². The highest BCUT2D eigenvalue weighted by Crippen LogP contribution is 2.32. The van der Waals surface area contributed by atoms with E-state index in [4.69, 9.17) is 16.4 Å². The molecule has 0 radical (unpaired) electrons. The summed E-state index contributed by atoms with van der Waals surface area (Å²) in [5, 5.41) is 6.10. The first-order chi connectivity index (χ1) is 11.9. The molecule has 1 aliphatic rings. The third-order valence-electron chi connectivity index (χ3n) is 3.83. The van der Waals surface area contributed by atoms with Gasteiger partial charge in [-0.25, -0.2) is 13.2 Å². The summed E-state index contributed by atoms with van der Waals surface area (Å²) >= 11 is 5.97. The Morgan fingerprint density at radius 3 is 2.68 bits per heavy atom. The van der Waals surface area contributed by atoms with Gasteiger partial charge in [-0.3, -0.25) is 10.2 Å². The fourth-order valence-corrected chi connectivity index (χ4v) is 4.25. The molecule has 8 heteroatoms. The van der Waals surface area contributed by atoms with E-state index in [0.717, 1.165) is 0 Å². The number of amides is 1. The van der Waals surface area contributed by atoms with Gasteiger partial charge in [-0.1, -0.05) is 35.0 Å². The molecule has 0 bridgehead atoms. The Morgan fingerprint density at radius 2 is 1.96 bits per heavy atom. The summed E-state index contributed by atoms with van der Waals surface area (Å²) in [4.78, 5) is 16.9. The van der Waals surface area contributed by atoms with Crippen LogP contribution < -0.4 is 5.32 Å². The van der Waals surface area contributed by atoms with E-state index < -0.39 is 21.2 Å². The SMILES string of the molecule is CC1C/C(=N\OC(=O)Nc2ccccc2)c2cc(Cl)ccc2S1(=O)=O. The number of rotatable bonds is 2. The van der Waals surface area contributed by atoms with Gasteiger partial charge in [0.1, 0.15) is 0 Å². The third-order valence-corrected chi connectivity index (χ3v) is 6.26. The number of nitrogens with one attached hydrogen (secondary N) is 1. The predicted molar refractivity (Wildman–Crippen MR) is 95.8 cm³/mol. The van der Waals surface area contributed by atoms with E-state index in [1.165, 1.54) is 18.2 Å². The van der Waals surface area contributed by atoms with Crippen LogP contribution in [0.5, 0.6) is 0 Å². The number of para-hydroxylation sites is 1. The number of hydrogen-bond donors (Lipinski definition) is 1. The van der Waals surface area contributed by atoms with E-state index in [2.05, 4.69) is 10.5 Å². The lowest BCUT2D eigenvalue weighted by Gasteiger charge is -2.23. The van der Waals surface area contributed by atoms with Crippen molar-refractivity contribution in [2.45, 2.75) is 23.5 Å². The highest BCUT2D eigenvalue weighted by Gasteiger charge is 2.34. The van der Waals surface area contributed by atoms with Crippen molar-refractivity contribution in [2.24, 2.45) is 5.16 Å². The molecule has 0 aromatic heterocycles. The molecule has 1 heterocycles. The van der Waals surface area contributed by atoms with E-state index in [-0.39, 0.29) is 11.3 Å². The van der Waals surface area contributed by atoms with Gasteiger partial charge in [0, 0.05) is 22.7 Å². The van der Waals surface area contributed by atoms with Gasteiger partial charge in [-0.2, -0.15) is 0 Å². The van der Waals surface area contributed by atoms with Crippen molar-refractivity contribution < 1.29 is 18.0 Å². The van der Waals surface area contributed by atoms with Crippen LogP contribution in [0, 0.1) is 0 Å². The summed E-state index contributed by atoms with van der Waals surface area (Å²) in [5.74, 6) is 0. The van der Waals surface area contributed by atoms with Gasteiger partial charge in [-0.05, 0) is 37.3 Å². The fourth-order valence-electron chi connectivity index (χ4n) is 2.53. The second-order valence-corrected chi connectivity index (χ2v) is 8.38. The van der Waals surface area contributed by atoms with Crippen molar-refractivity contribution in [1.29, 1.82) is 0 Å². The summed E-state index contributed by atoms with van der Waals surface area (Å²) in [7, 11) is -3.45. The molecule has 130 valence electrons. The van der Waals surface area contributed by atoms with Crippen molar-refractivity contribution in [3.05, 3.63) is 59.1 Å². The summed E-state index contributed by atoms with van der Waals surface area (Å²) in [6.07, 6.45) is -0.628. The molecule has 6 nitrogen and oxygen atoms in total. The molecule has 0 spiro atoms. The molecule has 1 unspecified atom stereocenters. The predicted octanol–water partition coefficient (Wildman–Crippen LogP) is 3.86. The van der Waals surface area contributed by atoms with Crippen LogP contribution in [0.1, 0.15) is 18.9 Å². The van der Waals surface area contributed by atoms with E-state index in [1.54, 1.807) is 31.2 Å². The zero-order valence-corrected chi connectivity index (χ0v) is 14.8. The zero-order chi connectivity index (χ0) is 18.0. The van der Waals surface area contributed by atoms with E-state index in [9.17, 15) is 13.2 Å². The molecule has 3 rings (SSSR count). The van der Waals surface area contributed by atoms with Crippen LogP contribution in [0.2, 0.25) is 5.02 Å². The Bertz CT molecular complexity index is 942. The maximum Gasteiger partial charge on any atom is 0.437 e. The normalized spacial score (nSPS) is 19.9. The van der Waals surface area contributed by atoms with Gasteiger partial charge in [-0.15, -0.1) is 0 Å². The lowest BCUT2D eigenvalue weighted by molar-refractivity contribution is 0.166. The Labute approximate surface area is 150 Å². The van der Waals surface area contributed by atoms with Crippen LogP contribution in [0.25, 0.3) is 0 Å². The average molecular weight is 379 g/mol. The van der Waals surface area contributed by atoms with E-state index >= 15 is 0 Å². The Balaban J connectivity index is 1.86. The highest BCUT2D eigenvalue weighted by molar-refractivity contribution is 7.92. The lowest BCUT2D eigenvalue weighted by atomic mass is 10.1. The number of carbonyl (C=O) groups is 1. The number of sulfone groups is 1. The van der Waals surface area contributed by atoms with Gasteiger partial charge >= 0.3 is 6.09 Å². The van der Waals surface area contributed by atoms with Crippen LogP contribution in [-0.4, -0.2) is 25.5 Å². The average Bonchev–Trinajstić information content (AvgIpc) is 2.58. The maximum absolute atomic E-state index is 12.4. The Morgan fingerprint density at radius 1 is 1.24 bits per heavy atom. The van der Waals surface area contributed by atoms with Gasteiger partial charge in [0.05, 0.1) is 15.9 Å². The Kier molecular flexibility index (Phi) is 4.78. The van der Waals surface area contributed by atoms with Crippen LogP contribution in [0.3, 0.4) is 0 Å². The molecule has 1 amide bonds. The minimum atomic E-state index is -3.45. The molecular formula is C17H15ClN2O4S. The number of halogens is 1. The summed E-state index contributed by atoms with van der Waals surface area (Å²) < 4.78 is 24.8. The molecule has 0 saturated carbocycles. The topological polar surface area (TPSA) is 84.8 Å². The minimum Gasteiger partial charge on any atom is -0.297 e. The highest BCUT2D eigenvalue weighted by atomic mass is 35.5. The van der Waals surface area contributed by atoms with Crippen LogP contribution in [0.15, 0.2) is 58.6 Å². The summed E-state index contributed by atoms with van der Waals surface area (Å²) in [6, 6.07) is 13.2. The molecule has 25 heavy (non-hydrogen) atoms. The van der Waals surface area contributed by atoms with Crippen molar-refractivity contribution in [3.8, 4) is 0 Å². The van der Waals surface area contributed by atoms with Crippen molar-refractivity contribution in [1.82, 2.24) is 0 Å². The molecule has 2 aromatic rings. The van der Waals surface area contributed by atoms with Gasteiger partial charge in [0.25, 0.3) is 0 Å². The van der Waals surface area contributed by atoms with Gasteiger partial charge in [0.2, 0.25) is 0 Å². The largest absolute Gasteiger partial charge is 0.437 e. The second kappa shape index (κ2) is 6.85. The summed E-state index contributed by atoms with van der Waals surface area (Å²) in [6.45, 7) is 1.59. The van der Waals surface area contributed by atoms with Crippen LogP contribution >= 0.6 is 11.6 Å². The standard InChI is InChI=1S/C17H15ClN2O4S/c1-11-9-15(14-10-12(18)7-8-16(14)25(11,22)23)20-24-17(21)19-13-5-3-2-4-6-13/h2-8,10-11H,9H2,1H3,(H,19,21)/b20-15+. The number of nitrogens with zero attached hydrogens (tertiary/aromatic N) is 1. The molecule has 0 aliphatic carbocycles. The number of fused-ring (bicyclic) bond motifs is 1. The molecule has 1 atom stereocenters. The van der Waals surface area contributed by atoms with E-state index in [1.807, 2.05) is 6.07 Å². The van der Waals surface area contributed by atoms with Crippen LogP contribution in [-0.2, 0) is 14.7 Å². The second-order valence-electron chi connectivity index (χ2n) is 5.61. The van der Waals surface area contributed by atoms with E-state index in [0.29, 0.717) is 22.0 Å². The number of hydrogen-bond acceptors (Lipinski definition) is 5. The maximum atomic E-state index is 12.4. The first-order valence-electron chi connectivity index (χ1n) is 7.51. The van der Waals surface area contributed by atoms with Crippen molar-refractivity contribution in [2.75, 3.05) is 5.32 Å². The minimum absolute atomic E-state index is 0.133. The number of benzene rings is 2. The fraction of sp³-hybridized carbons (Fsp3) is 0.176. The molecule has 0 saturated heterocycles. The Hall–Kier alpha value is -2.38. The number of anilines is 1. The zero-order valence-electron chi connectivity index (χ0n) is 13.3. The molecule has 0 fully saturated rings. The molecular weight excluding hydrogens is 364 g/mol. The van der Waals surface area contributed by atoms with Gasteiger partial charge < -0.3 is 0 Å². The molecule has 2 aromatic carbocycles. The van der Waals surface area contributed by atoms with Gasteiger partial charge in [0.15, 0.2) is 9.84 Å². The van der Waals surface area contributed by atoms with Crippen LogP contribution in [0.4, 0.5) is 10.5 Å². The monoisotopic (exact) mass is 378 g/mol. The lowest BCUT2D eigenvalue weighted by Crippen LogP contribution is -2.30. The first-order valence-corrected chi connectivity index (χ1v) is 9.44.